The molecule has 0 saturated heterocycles. The smallest absolute Gasteiger partial charge is 0.354 e. The van der Waals surface area contributed by atoms with Crippen LogP contribution in [0, 0.1) is 36.8 Å². The molecule has 7 heteroatoms. The van der Waals surface area contributed by atoms with E-state index in [1.807, 2.05) is 6.07 Å². The van der Waals surface area contributed by atoms with Gasteiger partial charge >= 0.3 is 5.97 Å². The van der Waals surface area contributed by atoms with Gasteiger partial charge < -0.3 is 5.11 Å². The lowest BCUT2D eigenvalue weighted by molar-refractivity contribution is 0.0689. The van der Waals surface area contributed by atoms with Crippen molar-refractivity contribution in [3.05, 3.63) is 58.7 Å². The molecule has 2 aromatic rings. The van der Waals surface area contributed by atoms with Gasteiger partial charge in [0, 0.05) is 0 Å². The zero-order valence-electron chi connectivity index (χ0n) is 11.3. The lowest BCUT2D eigenvalue weighted by Crippen LogP contribution is -2.03. The third kappa shape index (κ3) is 4.62. The zero-order chi connectivity index (χ0) is 16.0. The van der Waals surface area contributed by atoms with E-state index < -0.39 is 17.6 Å². The van der Waals surface area contributed by atoms with Crippen LogP contribution in [0.1, 0.15) is 27.3 Å². The first-order valence-corrected chi connectivity index (χ1v) is 5.72. The van der Waals surface area contributed by atoms with Crippen LogP contribution < -0.4 is 0 Å². The fourth-order valence-electron chi connectivity index (χ4n) is 1.42. The number of aromatic carboxylic acids is 1. The SMILES string of the molecule is Cc1cc(F)cnc1C#N.Cc1cc(F)cnc1C(=O)O. The summed E-state index contributed by atoms with van der Waals surface area (Å²) in [7, 11) is 0. The summed E-state index contributed by atoms with van der Waals surface area (Å²) in [6.45, 7) is 3.15. The molecule has 0 unspecified atom stereocenters. The van der Waals surface area contributed by atoms with E-state index in [1.54, 1.807) is 6.92 Å². The zero-order valence-corrected chi connectivity index (χ0v) is 11.3. The molecule has 0 aliphatic rings. The van der Waals surface area contributed by atoms with Crippen molar-refractivity contribution in [1.29, 1.82) is 5.26 Å². The topological polar surface area (TPSA) is 86.9 Å². The molecule has 0 saturated carbocycles. The number of nitrogens with zero attached hydrogens (tertiary/aromatic N) is 3. The van der Waals surface area contributed by atoms with Crippen molar-refractivity contribution < 1.29 is 18.7 Å². The van der Waals surface area contributed by atoms with Crippen LogP contribution in [0.25, 0.3) is 0 Å². The molecule has 0 atom stereocenters. The number of rotatable bonds is 1. The molecule has 1 N–H and O–H groups in total. The predicted octanol–water partition coefficient (Wildman–Crippen LogP) is 2.63. The Hall–Kier alpha value is -2.88. The Morgan fingerprint density at radius 1 is 1.14 bits per heavy atom. The molecule has 0 bridgehead atoms. The summed E-state index contributed by atoms with van der Waals surface area (Å²) in [6, 6.07) is 4.26. The lowest BCUT2D eigenvalue weighted by Gasteiger charge is -1.97. The molecule has 5 nitrogen and oxygen atoms in total. The molecular formula is C14H11F2N3O2. The number of carboxylic acids is 1. The molecule has 0 aliphatic carbocycles. The van der Waals surface area contributed by atoms with E-state index in [9.17, 15) is 13.6 Å². The van der Waals surface area contributed by atoms with Gasteiger partial charge in [-0.3, -0.25) is 0 Å². The number of aromatic nitrogens is 2. The highest BCUT2D eigenvalue weighted by Gasteiger charge is 2.08. The molecule has 0 radical (unpaired) electrons. The second-order valence-corrected chi connectivity index (χ2v) is 4.06. The van der Waals surface area contributed by atoms with Gasteiger partial charge in [0.05, 0.1) is 12.4 Å². The quantitative estimate of drug-likeness (QED) is 0.872. The first-order chi connectivity index (χ1) is 9.85. The van der Waals surface area contributed by atoms with Crippen molar-refractivity contribution in [2.75, 3.05) is 0 Å². The molecule has 0 aliphatic heterocycles. The van der Waals surface area contributed by atoms with Crippen LogP contribution in [-0.4, -0.2) is 21.0 Å². The van der Waals surface area contributed by atoms with Crippen LogP contribution in [0.4, 0.5) is 8.78 Å². The monoisotopic (exact) mass is 291 g/mol. The maximum atomic E-state index is 12.4. The first-order valence-electron chi connectivity index (χ1n) is 5.72. The van der Waals surface area contributed by atoms with E-state index >= 15 is 0 Å². The van der Waals surface area contributed by atoms with Crippen LogP contribution in [0.3, 0.4) is 0 Å². The first kappa shape index (κ1) is 16.2. The lowest BCUT2D eigenvalue weighted by atomic mass is 10.2. The van der Waals surface area contributed by atoms with E-state index in [0.717, 1.165) is 18.5 Å². The van der Waals surface area contributed by atoms with E-state index in [-0.39, 0.29) is 11.4 Å². The molecule has 21 heavy (non-hydrogen) atoms. The van der Waals surface area contributed by atoms with Crippen molar-refractivity contribution in [2.24, 2.45) is 0 Å². The van der Waals surface area contributed by atoms with Crippen molar-refractivity contribution >= 4 is 5.97 Å². The van der Waals surface area contributed by atoms with Gasteiger partial charge in [0.2, 0.25) is 0 Å². The van der Waals surface area contributed by atoms with Crippen LogP contribution in [0.2, 0.25) is 0 Å². The molecule has 0 amide bonds. The van der Waals surface area contributed by atoms with Crippen LogP contribution >= 0.6 is 0 Å². The van der Waals surface area contributed by atoms with E-state index in [2.05, 4.69) is 9.97 Å². The average Bonchev–Trinajstić information content (AvgIpc) is 2.39. The van der Waals surface area contributed by atoms with Crippen molar-refractivity contribution in [3.63, 3.8) is 0 Å². The Kier molecular flexibility index (Phi) is 5.43. The number of carbonyl (C=O) groups is 1. The standard InChI is InChI=1S/C7H5FN2.C7H6FNO2/c1-5-2-6(8)4-10-7(5)3-9;1-4-2-5(8)3-9-6(4)7(10)11/h2,4H,1H3;2-3H,1H3,(H,10,11). The summed E-state index contributed by atoms with van der Waals surface area (Å²) in [5, 5.41) is 16.8. The molecule has 108 valence electrons. The van der Waals surface area contributed by atoms with Crippen molar-refractivity contribution in [3.8, 4) is 6.07 Å². The van der Waals surface area contributed by atoms with Gasteiger partial charge in [-0.25, -0.2) is 23.5 Å². The average molecular weight is 291 g/mol. The van der Waals surface area contributed by atoms with Gasteiger partial charge in [0.15, 0.2) is 5.69 Å². The van der Waals surface area contributed by atoms with Gasteiger partial charge in [-0.15, -0.1) is 0 Å². The third-order valence-electron chi connectivity index (χ3n) is 2.40. The maximum absolute atomic E-state index is 12.4. The summed E-state index contributed by atoms with van der Waals surface area (Å²) in [5.74, 6) is -2.06. The number of aryl methyl sites for hydroxylation is 2. The van der Waals surface area contributed by atoms with E-state index in [4.69, 9.17) is 10.4 Å². The number of halogens is 2. The number of hydrogen-bond acceptors (Lipinski definition) is 4. The summed E-state index contributed by atoms with van der Waals surface area (Å²) < 4.78 is 24.7. The Morgan fingerprint density at radius 3 is 2.10 bits per heavy atom. The van der Waals surface area contributed by atoms with Gasteiger partial charge in [-0.1, -0.05) is 0 Å². The Bertz CT molecular complexity index is 712. The third-order valence-corrected chi connectivity index (χ3v) is 2.40. The van der Waals surface area contributed by atoms with Crippen molar-refractivity contribution in [2.45, 2.75) is 13.8 Å². The Morgan fingerprint density at radius 2 is 1.67 bits per heavy atom. The fraction of sp³-hybridized carbons (Fsp3) is 0.143. The van der Waals surface area contributed by atoms with Gasteiger partial charge in [-0.2, -0.15) is 5.26 Å². The summed E-state index contributed by atoms with van der Waals surface area (Å²) in [4.78, 5) is 17.3. The molecular weight excluding hydrogens is 280 g/mol. The van der Waals surface area contributed by atoms with Crippen LogP contribution in [0.5, 0.6) is 0 Å². The Balaban J connectivity index is 0.000000211. The van der Waals surface area contributed by atoms with E-state index in [1.165, 1.54) is 13.0 Å². The van der Waals surface area contributed by atoms with Gasteiger partial charge in [0.25, 0.3) is 0 Å². The van der Waals surface area contributed by atoms with Gasteiger partial charge in [-0.05, 0) is 37.1 Å². The molecule has 2 rings (SSSR count). The summed E-state index contributed by atoms with van der Waals surface area (Å²) in [6.07, 6.45) is 1.92. The highest BCUT2D eigenvalue weighted by Crippen LogP contribution is 2.05. The van der Waals surface area contributed by atoms with Gasteiger partial charge in [0.1, 0.15) is 23.4 Å². The molecule has 0 fully saturated rings. The normalized spacial score (nSPS) is 9.29. The minimum absolute atomic E-state index is 0.105. The summed E-state index contributed by atoms with van der Waals surface area (Å²) in [5.41, 5.74) is 1.08. The Labute approximate surface area is 119 Å². The number of carboxylic acid groups (broad SMARTS) is 1. The minimum atomic E-state index is -1.14. The van der Waals surface area contributed by atoms with Crippen LogP contribution in [0.15, 0.2) is 24.5 Å². The maximum Gasteiger partial charge on any atom is 0.354 e. The minimum Gasteiger partial charge on any atom is -0.477 e. The predicted molar refractivity (Wildman–Crippen MR) is 69.5 cm³/mol. The molecule has 2 aromatic heterocycles. The van der Waals surface area contributed by atoms with Crippen molar-refractivity contribution in [1.82, 2.24) is 9.97 Å². The second kappa shape index (κ2) is 7.05. The van der Waals surface area contributed by atoms with E-state index in [0.29, 0.717) is 11.1 Å². The van der Waals surface area contributed by atoms with Crippen LogP contribution in [-0.2, 0) is 0 Å². The molecule has 2 heterocycles. The fourth-order valence-corrected chi connectivity index (χ4v) is 1.42. The highest BCUT2D eigenvalue weighted by molar-refractivity contribution is 5.86. The largest absolute Gasteiger partial charge is 0.477 e. The summed E-state index contributed by atoms with van der Waals surface area (Å²) >= 11 is 0. The molecule has 0 spiro atoms. The number of hydrogen-bond donors (Lipinski definition) is 1. The number of pyridine rings is 2. The molecule has 0 aromatic carbocycles. The number of nitriles is 1. The highest BCUT2D eigenvalue weighted by atomic mass is 19.1. The second-order valence-electron chi connectivity index (χ2n) is 4.06.